The molecule has 2 N–H and O–H groups in total. The Morgan fingerprint density at radius 2 is 1.90 bits per heavy atom. The van der Waals surface area contributed by atoms with Gasteiger partial charge in [-0.25, -0.2) is 13.2 Å². The Morgan fingerprint density at radius 1 is 1.30 bits per heavy atom. The molecule has 0 spiro atoms. The summed E-state index contributed by atoms with van der Waals surface area (Å²) in [5, 5.41) is 0. The van der Waals surface area contributed by atoms with Gasteiger partial charge in [0.1, 0.15) is 6.61 Å². The summed E-state index contributed by atoms with van der Waals surface area (Å²) in [6.07, 6.45) is 0. The average molecular weight is 301 g/mol. The molecule has 1 atom stereocenters. The highest BCUT2D eigenvalue weighted by Crippen LogP contribution is 2.16. The Kier molecular flexibility index (Phi) is 6.12. The van der Waals surface area contributed by atoms with Crippen LogP contribution in [0.4, 0.5) is 0 Å². The number of hydrogen-bond donors (Lipinski definition) is 1. The van der Waals surface area contributed by atoms with E-state index in [0.717, 1.165) is 5.56 Å². The quantitative estimate of drug-likeness (QED) is 0.744. The number of ether oxygens (including phenoxy) is 2. The second kappa shape index (κ2) is 7.37. The van der Waals surface area contributed by atoms with Gasteiger partial charge in [-0.05, 0) is 17.7 Å². The summed E-state index contributed by atoms with van der Waals surface area (Å²) in [4.78, 5) is 11.1. The Balaban J connectivity index is 2.62. The zero-order valence-corrected chi connectivity index (χ0v) is 12.4. The van der Waals surface area contributed by atoms with Crippen LogP contribution in [0.15, 0.2) is 29.2 Å². The molecule has 0 bridgehead atoms. The molecule has 0 saturated heterocycles. The maximum Gasteiger partial charge on any atom is 0.331 e. The topological polar surface area (TPSA) is 95.7 Å². The molecule has 1 aromatic carbocycles. The molecule has 1 rings (SSSR count). The van der Waals surface area contributed by atoms with Crippen molar-refractivity contribution in [2.45, 2.75) is 17.9 Å². The first-order valence-corrected chi connectivity index (χ1v) is 7.78. The molecule has 0 aliphatic heterocycles. The van der Waals surface area contributed by atoms with Crippen LogP contribution in [0.1, 0.15) is 18.5 Å². The summed E-state index contributed by atoms with van der Waals surface area (Å²) in [5.74, 6) is -0.415. The summed E-state index contributed by atoms with van der Waals surface area (Å²) in [6, 6.07) is 5.91. The summed E-state index contributed by atoms with van der Waals surface area (Å²) in [7, 11) is -1.93. The van der Waals surface area contributed by atoms with Crippen molar-refractivity contribution < 1.29 is 22.7 Å². The van der Waals surface area contributed by atoms with E-state index in [1.165, 1.54) is 19.2 Å². The highest BCUT2D eigenvalue weighted by molar-refractivity contribution is 7.91. The van der Waals surface area contributed by atoms with Gasteiger partial charge in [-0.2, -0.15) is 0 Å². The van der Waals surface area contributed by atoms with E-state index < -0.39 is 21.8 Å². The number of carbonyl (C=O) groups excluding carboxylic acids is 1. The number of methoxy groups -OCH3 is 1. The first-order chi connectivity index (χ1) is 9.40. The van der Waals surface area contributed by atoms with E-state index in [1.807, 2.05) is 0 Å². The first kappa shape index (κ1) is 16.6. The summed E-state index contributed by atoms with van der Waals surface area (Å²) < 4.78 is 32.8. The van der Waals surface area contributed by atoms with Gasteiger partial charge in [0.05, 0.1) is 30.4 Å². The van der Waals surface area contributed by atoms with Crippen molar-refractivity contribution >= 4 is 15.8 Å². The van der Waals surface area contributed by atoms with Crippen molar-refractivity contribution in [3.63, 3.8) is 0 Å². The molecule has 0 aliphatic rings. The van der Waals surface area contributed by atoms with Gasteiger partial charge in [-0.3, -0.25) is 0 Å². The van der Waals surface area contributed by atoms with Crippen molar-refractivity contribution in [1.82, 2.24) is 0 Å². The zero-order chi connectivity index (χ0) is 15.2. The minimum Gasteiger partial charge on any atom is -0.467 e. The molecule has 0 heterocycles. The Morgan fingerprint density at radius 3 is 2.40 bits per heavy atom. The molecule has 20 heavy (non-hydrogen) atoms. The number of benzene rings is 1. The SMILES string of the molecule is CCS(=O)(=O)c1ccc(C(N)COCC(=O)OC)cc1. The van der Waals surface area contributed by atoms with Crippen LogP contribution in [0.5, 0.6) is 0 Å². The van der Waals surface area contributed by atoms with Gasteiger partial charge in [0.15, 0.2) is 9.84 Å². The third kappa shape index (κ3) is 4.59. The maximum absolute atomic E-state index is 11.7. The zero-order valence-electron chi connectivity index (χ0n) is 11.5. The van der Waals surface area contributed by atoms with Crippen LogP contribution in [-0.2, 0) is 24.1 Å². The molecule has 6 nitrogen and oxygen atoms in total. The highest BCUT2D eigenvalue weighted by atomic mass is 32.2. The van der Waals surface area contributed by atoms with Crippen LogP contribution in [0.25, 0.3) is 0 Å². The number of esters is 1. The maximum atomic E-state index is 11.7. The van der Waals surface area contributed by atoms with E-state index in [2.05, 4.69) is 4.74 Å². The van der Waals surface area contributed by atoms with Crippen molar-refractivity contribution in [1.29, 1.82) is 0 Å². The molecular formula is C13H19NO5S. The predicted octanol–water partition coefficient (Wildman–Crippen LogP) is 0.670. The van der Waals surface area contributed by atoms with Crippen molar-refractivity contribution in [3.8, 4) is 0 Å². The molecule has 7 heteroatoms. The summed E-state index contributed by atoms with van der Waals surface area (Å²) >= 11 is 0. The molecule has 0 radical (unpaired) electrons. The highest BCUT2D eigenvalue weighted by Gasteiger charge is 2.13. The van der Waals surface area contributed by atoms with Gasteiger partial charge in [0, 0.05) is 0 Å². The van der Waals surface area contributed by atoms with Crippen LogP contribution < -0.4 is 5.73 Å². The normalized spacial score (nSPS) is 12.9. The number of nitrogens with two attached hydrogens (primary N) is 1. The molecule has 0 fully saturated rings. The van der Waals surface area contributed by atoms with Gasteiger partial charge in [-0.15, -0.1) is 0 Å². The van der Waals surface area contributed by atoms with Gasteiger partial charge >= 0.3 is 5.97 Å². The van der Waals surface area contributed by atoms with Crippen molar-refractivity contribution in [2.24, 2.45) is 5.73 Å². The number of carbonyl (C=O) groups is 1. The molecule has 112 valence electrons. The predicted molar refractivity (Wildman–Crippen MR) is 73.9 cm³/mol. The lowest BCUT2D eigenvalue weighted by atomic mass is 10.1. The Bertz CT molecular complexity index is 538. The number of sulfone groups is 1. The van der Waals surface area contributed by atoms with Gasteiger partial charge < -0.3 is 15.2 Å². The molecule has 1 unspecified atom stereocenters. The second-order valence-corrected chi connectivity index (χ2v) is 6.45. The minimum atomic E-state index is -3.21. The third-order valence-corrected chi connectivity index (χ3v) is 4.54. The lowest BCUT2D eigenvalue weighted by Gasteiger charge is -2.12. The van der Waals surface area contributed by atoms with Crippen LogP contribution in [-0.4, -0.2) is 40.5 Å². The number of rotatable bonds is 7. The van der Waals surface area contributed by atoms with Gasteiger partial charge in [-0.1, -0.05) is 19.1 Å². The fourth-order valence-electron chi connectivity index (χ4n) is 1.51. The molecule has 0 amide bonds. The van der Waals surface area contributed by atoms with E-state index >= 15 is 0 Å². The van der Waals surface area contributed by atoms with Crippen LogP contribution in [0, 0.1) is 0 Å². The summed E-state index contributed by atoms with van der Waals surface area (Å²) in [6.45, 7) is 1.58. The van der Waals surface area contributed by atoms with Crippen molar-refractivity contribution in [2.75, 3.05) is 26.1 Å². The molecular weight excluding hydrogens is 282 g/mol. The van der Waals surface area contributed by atoms with E-state index in [0.29, 0.717) is 0 Å². The molecule has 0 aliphatic carbocycles. The first-order valence-electron chi connectivity index (χ1n) is 6.13. The summed E-state index contributed by atoms with van der Waals surface area (Å²) in [5.41, 5.74) is 6.63. The van der Waals surface area contributed by atoms with Crippen LogP contribution >= 0.6 is 0 Å². The van der Waals surface area contributed by atoms with Crippen LogP contribution in [0.2, 0.25) is 0 Å². The lowest BCUT2D eigenvalue weighted by molar-refractivity contribution is -0.146. The second-order valence-electron chi connectivity index (χ2n) is 4.17. The third-order valence-electron chi connectivity index (χ3n) is 2.79. The smallest absolute Gasteiger partial charge is 0.331 e. The standard InChI is InChI=1S/C13H19NO5S/c1-3-20(16,17)11-6-4-10(5-7-11)12(14)8-19-9-13(15)18-2/h4-7,12H,3,8-9,14H2,1-2H3. The van der Waals surface area contributed by atoms with Crippen LogP contribution in [0.3, 0.4) is 0 Å². The number of hydrogen-bond acceptors (Lipinski definition) is 6. The van der Waals surface area contributed by atoms with E-state index in [-0.39, 0.29) is 23.9 Å². The fourth-order valence-corrected chi connectivity index (χ4v) is 2.40. The van der Waals surface area contributed by atoms with Crippen molar-refractivity contribution in [3.05, 3.63) is 29.8 Å². The van der Waals surface area contributed by atoms with E-state index in [1.54, 1.807) is 19.1 Å². The molecule has 0 aromatic heterocycles. The molecule has 0 saturated carbocycles. The van der Waals surface area contributed by atoms with Gasteiger partial charge in [0.25, 0.3) is 0 Å². The van der Waals surface area contributed by atoms with E-state index in [9.17, 15) is 13.2 Å². The average Bonchev–Trinajstić information content (AvgIpc) is 2.47. The Hall–Kier alpha value is -1.44. The van der Waals surface area contributed by atoms with Gasteiger partial charge in [0.2, 0.25) is 0 Å². The molecule has 1 aromatic rings. The van der Waals surface area contributed by atoms with E-state index in [4.69, 9.17) is 10.5 Å². The monoisotopic (exact) mass is 301 g/mol. The lowest BCUT2D eigenvalue weighted by Crippen LogP contribution is -2.20. The minimum absolute atomic E-state index is 0.0562. The largest absolute Gasteiger partial charge is 0.467 e. The Labute approximate surface area is 118 Å². The fraction of sp³-hybridized carbons (Fsp3) is 0.462.